The van der Waals surface area contributed by atoms with Gasteiger partial charge in [-0.1, -0.05) is 17.7 Å². The number of primary sulfonamides is 1. The molecule has 0 aliphatic rings. The number of hydrogen-bond donors (Lipinski definition) is 2. The quantitative estimate of drug-likeness (QED) is 0.906. The molecule has 2 rings (SSSR count). The maximum atomic E-state index is 13.2. The van der Waals surface area contributed by atoms with E-state index in [0.717, 1.165) is 0 Å². The number of nitrogens with two attached hydrogens (primary N) is 1. The Kier molecular flexibility index (Phi) is 4.51. The lowest BCUT2D eigenvalue weighted by Gasteiger charge is -2.10. The molecule has 0 aromatic heterocycles. The fraction of sp³-hybridized carbons (Fsp3) is 0.143. The van der Waals surface area contributed by atoms with Crippen LogP contribution in [0.4, 0.5) is 10.1 Å². The Balaban J connectivity index is 2.21. The van der Waals surface area contributed by atoms with Crippen LogP contribution in [0.5, 0.6) is 0 Å². The van der Waals surface area contributed by atoms with Crippen LogP contribution in [0.25, 0.3) is 0 Å². The highest BCUT2D eigenvalue weighted by Crippen LogP contribution is 2.20. The minimum atomic E-state index is -3.77. The van der Waals surface area contributed by atoms with Gasteiger partial charge in [-0.15, -0.1) is 0 Å². The van der Waals surface area contributed by atoms with Crippen LogP contribution in [0, 0.1) is 12.7 Å². The van der Waals surface area contributed by atoms with Gasteiger partial charge in [-0.3, -0.25) is 0 Å². The first-order valence-corrected chi connectivity index (χ1v) is 8.00. The number of nitrogens with one attached hydrogen (secondary N) is 1. The van der Waals surface area contributed by atoms with Crippen LogP contribution in [0.3, 0.4) is 0 Å². The molecule has 0 heterocycles. The molecule has 4 nitrogen and oxygen atoms in total. The second-order valence-electron chi connectivity index (χ2n) is 4.66. The summed E-state index contributed by atoms with van der Waals surface area (Å²) in [6, 6.07) is 9.03. The summed E-state index contributed by atoms with van der Waals surface area (Å²) in [6.07, 6.45) is 0. The van der Waals surface area contributed by atoms with Gasteiger partial charge >= 0.3 is 0 Å². The molecule has 112 valence electrons. The Bertz CT molecular complexity index is 758. The van der Waals surface area contributed by atoms with Gasteiger partial charge in [0, 0.05) is 17.3 Å². The Labute approximate surface area is 127 Å². The molecule has 2 aromatic carbocycles. The molecule has 0 amide bonds. The molecule has 0 radical (unpaired) electrons. The number of anilines is 1. The van der Waals surface area contributed by atoms with E-state index in [1.54, 1.807) is 25.1 Å². The van der Waals surface area contributed by atoms with Gasteiger partial charge < -0.3 is 5.32 Å². The van der Waals surface area contributed by atoms with Crippen molar-refractivity contribution in [2.45, 2.75) is 18.4 Å². The van der Waals surface area contributed by atoms with Crippen LogP contribution in [0.1, 0.15) is 11.1 Å². The van der Waals surface area contributed by atoms with Crippen molar-refractivity contribution in [1.82, 2.24) is 0 Å². The average Bonchev–Trinajstić information content (AvgIpc) is 2.35. The highest BCUT2D eigenvalue weighted by Gasteiger charge is 2.12. The first kappa shape index (κ1) is 15.8. The Morgan fingerprint density at radius 2 is 1.95 bits per heavy atom. The molecule has 0 saturated heterocycles. The maximum Gasteiger partial charge on any atom is 0.238 e. The number of aryl methyl sites for hydroxylation is 1. The fourth-order valence-electron chi connectivity index (χ4n) is 1.93. The highest BCUT2D eigenvalue weighted by molar-refractivity contribution is 7.89. The Morgan fingerprint density at radius 1 is 1.24 bits per heavy atom. The molecule has 0 saturated carbocycles. The predicted molar refractivity (Wildman–Crippen MR) is 81.3 cm³/mol. The monoisotopic (exact) mass is 328 g/mol. The predicted octanol–water partition coefficient (Wildman–Crippen LogP) is 3.05. The van der Waals surface area contributed by atoms with Crippen LogP contribution in [-0.2, 0) is 16.6 Å². The molecule has 0 unspecified atom stereocenters. The number of sulfonamides is 1. The van der Waals surface area contributed by atoms with E-state index in [1.165, 1.54) is 18.2 Å². The molecule has 3 N–H and O–H groups in total. The number of rotatable bonds is 4. The van der Waals surface area contributed by atoms with Gasteiger partial charge in [-0.25, -0.2) is 17.9 Å². The van der Waals surface area contributed by atoms with Gasteiger partial charge in [0.15, 0.2) is 0 Å². The SMILES string of the molecule is Cc1ccc(NCc2cc(F)cc(Cl)c2)cc1S(N)(=O)=O. The van der Waals surface area contributed by atoms with Gasteiger partial charge in [0.1, 0.15) is 5.82 Å². The molecule has 0 aliphatic carbocycles. The zero-order valence-electron chi connectivity index (χ0n) is 11.2. The van der Waals surface area contributed by atoms with E-state index in [-0.39, 0.29) is 4.90 Å². The summed E-state index contributed by atoms with van der Waals surface area (Å²) < 4.78 is 36.1. The summed E-state index contributed by atoms with van der Waals surface area (Å²) in [5.41, 5.74) is 1.79. The fourth-order valence-corrected chi connectivity index (χ4v) is 2.99. The standard InChI is InChI=1S/C14H14ClFN2O2S/c1-9-2-3-13(7-14(9)21(17,19)20)18-8-10-4-11(15)6-12(16)5-10/h2-7,18H,8H2,1H3,(H2,17,19,20). The minimum absolute atomic E-state index is 0.0600. The van der Waals surface area contributed by atoms with E-state index in [1.807, 2.05) is 0 Å². The first-order chi connectivity index (χ1) is 9.75. The zero-order chi connectivity index (χ0) is 15.6. The molecular formula is C14H14ClFN2O2S. The van der Waals surface area contributed by atoms with Crippen molar-refractivity contribution in [2.24, 2.45) is 5.14 Å². The molecule has 2 aromatic rings. The van der Waals surface area contributed by atoms with Crippen molar-refractivity contribution in [2.75, 3.05) is 5.32 Å². The third-order valence-corrected chi connectivity index (χ3v) is 4.18. The van der Waals surface area contributed by atoms with Crippen molar-refractivity contribution >= 4 is 27.3 Å². The van der Waals surface area contributed by atoms with Crippen molar-refractivity contribution in [3.05, 3.63) is 58.4 Å². The van der Waals surface area contributed by atoms with Crippen molar-refractivity contribution in [1.29, 1.82) is 0 Å². The van der Waals surface area contributed by atoms with E-state index in [9.17, 15) is 12.8 Å². The molecule has 0 aliphatic heterocycles. The van der Waals surface area contributed by atoms with Crippen molar-refractivity contribution in [3.63, 3.8) is 0 Å². The lowest BCUT2D eigenvalue weighted by atomic mass is 10.2. The van der Waals surface area contributed by atoms with Gasteiger partial charge in [-0.05, 0) is 48.4 Å². The smallest absolute Gasteiger partial charge is 0.238 e. The molecule has 21 heavy (non-hydrogen) atoms. The first-order valence-electron chi connectivity index (χ1n) is 6.08. The van der Waals surface area contributed by atoms with Crippen LogP contribution in [0.15, 0.2) is 41.3 Å². The Hall–Kier alpha value is -1.63. The van der Waals surface area contributed by atoms with Gasteiger partial charge in [0.25, 0.3) is 0 Å². The second kappa shape index (κ2) is 6.01. The summed E-state index contributed by atoms with van der Waals surface area (Å²) in [7, 11) is -3.77. The van der Waals surface area contributed by atoms with Crippen LogP contribution in [0.2, 0.25) is 5.02 Å². The van der Waals surface area contributed by atoms with Gasteiger partial charge in [0.05, 0.1) is 4.90 Å². The summed E-state index contributed by atoms with van der Waals surface area (Å²) in [6.45, 7) is 1.97. The lowest BCUT2D eigenvalue weighted by molar-refractivity contribution is 0.597. The molecule has 7 heteroatoms. The number of halogens is 2. The summed E-state index contributed by atoms with van der Waals surface area (Å²) >= 11 is 5.77. The molecule has 0 atom stereocenters. The maximum absolute atomic E-state index is 13.2. The third-order valence-electron chi connectivity index (χ3n) is 2.91. The molecule has 0 spiro atoms. The van der Waals surface area contributed by atoms with E-state index >= 15 is 0 Å². The number of benzene rings is 2. The largest absolute Gasteiger partial charge is 0.381 e. The van der Waals surface area contributed by atoms with Crippen molar-refractivity contribution < 1.29 is 12.8 Å². The summed E-state index contributed by atoms with van der Waals surface area (Å²) in [5.74, 6) is -0.423. The zero-order valence-corrected chi connectivity index (χ0v) is 12.8. The van der Waals surface area contributed by atoms with E-state index in [4.69, 9.17) is 16.7 Å². The van der Waals surface area contributed by atoms with Crippen LogP contribution < -0.4 is 10.5 Å². The topological polar surface area (TPSA) is 72.2 Å². The summed E-state index contributed by atoms with van der Waals surface area (Å²) in [5, 5.41) is 8.47. The van der Waals surface area contributed by atoms with Gasteiger partial charge in [0.2, 0.25) is 10.0 Å². The van der Waals surface area contributed by atoms with E-state index < -0.39 is 15.8 Å². The molecule has 0 bridgehead atoms. The third kappa shape index (κ3) is 4.17. The van der Waals surface area contributed by atoms with E-state index in [0.29, 0.717) is 28.4 Å². The average molecular weight is 329 g/mol. The summed E-state index contributed by atoms with van der Waals surface area (Å²) in [4.78, 5) is 0.0600. The molecular weight excluding hydrogens is 315 g/mol. The van der Waals surface area contributed by atoms with Gasteiger partial charge in [-0.2, -0.15) is 0 Å². The van der Waals surface area contributed by atoms with Crippen LogP contribution >= 0.6 is 11.6 Å². The second-order valence-corrected chi connectivity index (χ2v) is 6.62. The van der Waals surface area contributed by atoms with Crippen LogP contribution in [-0.4, -0.2) is 8.42 Å². The highest BCUT2D eigenvalue weighted by atomic mass is 35.5. The normalized spacial score (nSPS) is 11.4. The van der Waals surface area contributed by atoms with E-state index in [2.05, 4.69) is 5.32 Å². The number of hydrogen-bond acceptors (Lipinski definition) is 3. The minimum Gasteiger partial charge on any atom is -0.381 e. The Morgan fingerprint density at radius 3 is 2.57 bits per heavy atom. The van der Waals surface area contributed by atoms with Crippen molar-refractivity contribution in [3.8, 4) is 0 Å². The molecule has 0 fully saturated rings. The lowest BCUT2D eigenvalue weighted by Crippen LogP contribution is -2.14.